The lowest BCUT2D eigenvalue weighted by atomic mass is 9.91. The lowest BCUT2D eigenvalue weighted by Gasteiger charge is -2.39. The van der Waals surface area contributed by atoms with Crippen molar-refractivity contribution in [2.45, 2.75) is 44.2 Å². The van der Waals surface area contributed by atoms with Gasteiger partial charge in [-0.15, -0.1) is 0 Å². The van der Waals surface area contributed by atoms with E-state index in [1.54, 1.807) is 0 Å². The number of carbonyl (C=O) groups excluding carboxylic acids is 1. The van der Waals surface area contributed by atoms with Crippen LogP contribution < -0.4 is 10.2 Å². The highest BCUT2D eigenvalue weighted by molar-refractivity contribution is 6.02. The molecule has 0 bridgehead atoms. The number of piperidine rings is 1. The Morgan fingerprint density at radius 3 is 2.95 bits per heavy atom. The molecule has 4 heteroatoms. The molecule has 0 aromatic heterocycles. The first kappa shape index (κ1) is 12.2. The molecular weight excluding hydrogens is 252 g/mol. The van der Waals surface area contributed by atoms with Crippen molar-refractivity contribution >= 4 is 17.3 Å². The average molecular weight is 272 g/mol. The summed E-state index contributed by atoms with van der Waals surface area (Å²) in [6.45, 7) is 1.11. The summed E-state index contributed by atoms with van der Waals surface area (Å²) in [6.07, 6.45) is 5.61. The van der Waals surface area contributed by atoms with E-state index < -0.39 is 6.10 Å². The topological polar surface area (TPSA) is 52.6 Å². The van der Waals surface area contributed by atoms with Crippen LogP contribution in [0.15, 0.2) is 18.2 Å². The van der Waals surface area contributed by atoms with Gasteiger partial charge in [0.05, 0.1) is 0 Å². The van der Waals surface area contributed by atoms with Gasteiger partial charge in [-0.25, -0.2) is 0 Å². The number of nitrogens with one attached hydrogen (secondary N) is 1. The number of aliphatic hydroxyl groups excluding tert-OH is 1. The molecule has 1 aliphatic carbocycles. The summed E-state index contributed by atoms with van der Waals surface area (Å²) in [5, 5.41) is 12.5. The van der Waals surface area contributed by atoms with E-state index in [0.717, 1.165) is 18.2 Å². The second kappa shape index (κ2) is 4.48. The van der Waals surface area contributed by atoms with E-state index in [4.69, 9.17) is 0 Å². The molecule has 2 N–H and O–H groups in total. The predicted molar refractivity (Wildman–Crippen MR) is 77.7 cm³/mol. The Morgan fingerprint density at radius 1 is 1.20 bits per heavy atom. The molecule has 1 aromatic carbocycles. The Balaban J connectivity index is 1.66. The third kappa shape index (κ3) is 1.74. The van der Waals surface area contributed by atoms with Gasteiger partial charge in [0.25, 0.3) is 5.91 Å². The first-order chi connectivity index (χ1) is 9.74. The van der Waals surface area contributed by atoms with Gasteiger partial charge in [-0.3, -0.25) is 4.79 Å². The van der Waals surface area contributed by atoms with Crippen LogP contribution in [0, 0.1) is 5.92 Å². The summed E-state index contributed by atoms with van der Waals surface area (Å²) in [5.41, 5.74) is 2.67. The molecule has 0 radical (unpaired) electrons. The number of anilines is 2. The highest BCUT2D eigenvalue weighted by Crippen LogP contribution is 2.41. The van der Waals surface area contributed by atoms with Crippen LogP contribution in [0.5, 0.6) is 0 Å². The van der Waals surface area contributed by atoms with E-state index in [-0.39, 0.29) is 5.91 Å². The van der Waals surface area contributed by atoms with Crippen molar-refractivity contribution < 1.29 is 9.90 Å². The number of amides is 1. The zero-order valence-corrected chi connectivity index (χ0v) is 11.5. The lowest BCUT2D eigenvalue weighted by molar-refractivity contribution is -0.123. The standard InChI is InChI=1S/C16H20N2O2/c19-15-12-7-6-11(9-13(12)17-16(15)20)18-8-2-4-10-3-1-5-14(10)18/h6-7,9-10,14-15,19H,1-5,8H2,(H,17,20). The van der Waals surface area contributed by atoms with Crippen molar-refractivity contribution in [3.63, 3.8) is 0 Å². The lowest BCUT2D eigenvalue weighted by Crippen LogP contribution is -2.42. The monoisotopic (exact) mass is 272 g/mol. The van der Waals surface area contributed by atoms with Gasteiger partial charge in [-0.05, 0) is 43.7 Å². The molecule has 20 heavy (non-hydrogen) atoms. The number of nitrogens with zero attached hydrogens (tertiary/aromatic N) is 1. The second-order valence-corrected chi connectivity index (χ2v) is 6.26. The van der Waals surface area contributed by atoms with Crippen LogP contribution in [0.3, 0.4) is 0 Å². The maximum absolute atomic E-state index is 11.5. The van der Waals surface area contributed by atoms with E-state index in [9.17, 15) is 9.90 Å². The average Bonchev–Trinajstić information content (AvgIpc) is 3.04. The van der Waals surface area contributed by atoms with Crippen molar-refractivity contribution in [1.82, 2.24) is 0 Å². The maximum Gasteiger partial charge on any atom is 0.257 e. The molecule has 4 nitrogen and oxygen atoms in total. The molecule has 2 heterocycles. The van der Waals surface area contributed by atoms with Crippen LogP contribution in [-0.2, 0) is 4.79 Å². The maximum atomic E-state index is 11.5. The minimum Gasteiger partial charge on any atom is -0.378 e. The molecule has 2 aliphatic heterocycles. The zero-order valence-electron chi connectivity index (χ0n) is 11.5. The number of aliphatic hydroxyl groups is 1. The van der Waals surface area contributed by atoms with Crippen LogP contribution in [-0.4, -0.2) is 23.6 Å². The number of hydrogen-bond acceptors (Lipinski definition) is 3. The fourth-order valence-corrected chi connectivity index (χ4v) is 4.19. The second-order valence-electron chi connectivity index (χ2n) is 6.26. The molecule has 0 spiro atoms. The fraction of sp³-hybridized carbons (Fsp3) is 0.562. The Labute approximate surface area is 118 Å². The van der Waals surface area contributed by atoms with Gasteiger partial charge >= 0.3 is 0 Å². The van der Waals surface area contributed by atoms with E-state index in [2.05, 4.69) is 16.3 Å². The smallest absolute Gasteiger partial charge is 0.257 e. The predicted octanol–water partition coefficient (Wildman–Crippen LogP) is 2.44. The molecule has 1 aromatic rings. The summed E-state index contributed by atoms with van der Waals surface area (Å²) in [7, 11) is 0. The first-order valence-corrected chi connectivity index (χ1v) is 7.63. The first-order valence-electron chi connectivity index (χ1n) is 7.63. The minimum absolute atomic E-state index is 0.311. The quantitative estimate of drug-likeness (QED) is 0.825. The fourth-order valence-electron chi connectivity index (χ4n) is 4.19. The SMILES string of the molecule is O=C1Nc2cc(N3CCCC4CCCC43)ccc2C1O. The molecule has 106 valence electrons. The summed E-state index contributed by atoms with van der Waals surface area (Å²) in [5.74, 6) is 0.534. The van der Waals surface area contributed by atoms with Gasteiger partial charge in [0.15, 0.2) is 6.10 Å². The number of fused-ring (bicyclic) bond motifs is 2. The van der Waals surface area contributed by atoms with Crippen LogP contribution in [0.1, 0.15) is 43.8 Å². The van der Waals surface area contributed by atoms with Crippen LogP contribution in [0.4, 0.5) is 11.4 Å². The molecule has 1 saturated heterocycles. The van der Waals surface area contributed by atoms with Gasteiger partial charge < -0.3 is 15.3 Å². The Kier molecular flexibility index (Phi) is 2.74. The van der Waals surface area contributed by atoms with Crippen molar-refractivity contribution in [3.8, 4) is 0 Å². The van der Waals surface area contributed by atoms with Gasteiger partial charge in [-0.2, -0.15) is 0 Å². The summed E-state index contributed by atoms with van der Waals surface area (Å²) >= 11 is 0. The number of hydrogen-bond donors (Lipinski definition) is 2. The summed E-state index contributed by atoms with van der Waals surface area (Å²) in [4.78, 5) is 14.0. The number of carbonyl (C=O) groups is 1. The highest BCUT2D eigenvalue weighted by Gasteiger charge is 2.36. The third-order valence-corrected chi connectivity index (χ3v) is 5.16. The van der Waals surface area contributed by atoms with Gasteiger partial charge in [0.2, 0.25) is 0 Å². The van der Waals surface area contributed by atoms with Crippen LogP contribution in [0.2, 0.25) is 0 Å². The van der Waals surface area contributed by atoms with E-state index >= 15 is 0 Å². The third-order valence-electron chi connectivity index (χ3n) is 5.16. The zero-order chi connectivity index (χ0) is 13.7. The summed E-state index contributed by atoms with van der Waals surface area (Å²) < 4.78 is 0. The molecule has 3 atom stereocenters. The van der Waals surface area contributed by atoms with Crippen molar-refractivity contribution in [2.75, 3.05) is 16.8 Å². The molecule has 2 fully saturated rings. The minimum atomic E-state index is -1.00. The van der Waals surface area contributed by atoms with Crippen molar-refractivity contribution in [1.29, 1.82) is 0 Å². The molecule has 4 rings (SSSR count). The van der Waals surface area contributed by atoms with Gasteiger partial charge in [-0.1, -0.05) is 12.5 Å². The van der Waals surface area contributed by atoms with Crippen LogP contribution >= 0.6 is 0 Å². The van der Waals surface area contributed by atoms with Gasteiger partial charge in [0, 0.05) is 29.5 Å². The van der Waals surface area contributed by atoms with Crippen molar-refractivity contribution in [3.05, 3.63) is 23.8 Å². The Morgan fingerprint density at radius 2 is 2.05 bits per heavy atom. The largest absolute Gasteiger partial charge is 0.378 e. The summed E-state index contributed by atoms with van der Waals surface area (Å²) in [6, 6.07) is 6.66. The highest BCUT2D eigenvalue weighted by atomic mass is 16.3. The van der Waals surface area contributed by atoms with E-state index in [1.165, 1.54) is 37.8 Å². The number of rotatable bonds is 1. The molecule has 1 amide bonds. The molecule has 3 aliphatic rings. The van der Waals surface area contributed by atoms with Crippen molar-refractivity contribution in [2.24, 2.45) is 5.92 Å². The van der Waals surface area contributed by atoms with E-state index in [0.29, 0.717) is 11.6 Å². The normalized spacial score (nSPS) is 31.9. The van der Waals surface area contributed by atoms with Crippen LogP contribution in [0.25, 0.3) is 0 Å². The molecule has 1 saturated carbocycles. The van der Waals surface area contributed by atoms with E-state index in [1.807, 2.05) is 12.1 Å². The Hall–Kier alpha value is -1.55. The molecule has 3 unspecified atom stereocenters. The van der Waals surface area contributed by atoms with Gasteiger partial charge in [0.1, 0.15) is 0 Å². The molecular formula is C16H20N2O2. The Bertz CT molecular complexity index is 557. The number of benzene rings is 1.